The number of methoxy groups -OCH3 is 2. The van der Waals surface area contributed by atoms with E-state index in [9.17, 15) is 27.6 Å². The topological polar surface area (TPSA) is 178 Å². The summed E-state index contributed by atoms with van der Waals surface area (Å²) in [5.74, 6) is -1.91. The highest BCUT2D eigenvalue weighted by Crippen LogP contribution is 2.38. The minimum absolute atomic E-state index is 0.0826. The van der Waals surface area contributed by atoms with Crippen LogP contribution in [0.2, 0.25) is 0 Å². The van der Waals surface area contributed by atoms with Crippen LogP contribution >= 0.6 is 11.3 Å². The van der Waals surface area contributed by atoms with E-state index in [0.717, 1.165) is 25.5 Å². The molecule has 14 nitrogen and oxygen atoms in total. The van der Waals surface area contributed by atoms with Crippen LogP contribution in [0.25, 0.3) is 10.1 Å². The first kappa shape index (κ1) is 37.4. The first-order valence-electron chi connectivity index (χ1n) is 15.5. The summed E-state index contributed by atoms with van der Waals surface area (Å²) in [4.78, 5) is 51.2. The number of carboxylic acid groups (broad SMARTS) is 1. The molecule has 2 aromatic carbocycles. The lowest BCUT2D eigenvalue weighted by Gasteiger charge is -2.19. The highest BCUT2D eigenvalue weighted by atomic mass is 32.2. The molecule has 2 N–H and O–H groups in total. The van der Waals surface area contributed by atoms with Gasteiger partial charge in [0.1, 0.15) is 0 Å². The van der Waals surface area contributed by atoms with Crippen molar-refractivity contribution in [2.45, 2.75) is 46.2 Å². The van der Waals surface area contributed by atoms with Crippen LogP contribution in [-0.4, -0.2) is 87.8 Å². The van der Waals surface area contributed by atoms with E-state index < -0.39 is 33.9 Å². The quantitative estimate of drug-likeness (QED) is 0.153. The monoisotopic (exact) mass is 719 g/mol. The van der Waals surface area contributed by atoms with Crippen molar-refractivity contribution in [3.8, 4) is 23.0 Å². The number of rotatable bonds is 17. The highest BCUT2D eigenvalue weighted by Gasteiger charge is 2.29. The Kier molecular flexibility index (Phi) is 12.1. The fourth-order valence-corrected chi connectivity index (χ4v) is 6.66. The second-order valence-electron chi connectivity index (χ2n) is 11.9. The molecule has 0 saturated carbocycles. The lowest BCUT2D eigenvalue weighted by atomic mass is 10.0. The summed E-state index contributed by atoms with van der Waals surface area (Å²) in [5.41, 5.74) is 1.75. The lowest BCUT2D eigenvalue weighted by molar-refractivity contribution is -0.141. The number of ketones is 1. The van der Waals surface area contributed by atoms with Gasteiger partial charge in [-0.2, -0.15) is 12.7 Å². The van der Waals surface area contributed by atoms with Crippen molar-refractivity contribution in [1.82, 2.24) is 13.9 Å². The predicted molar refractivity (Wildman–Crippen MR) is 182 cm³/mol. The maximum atomic E-state index is 13.0. The molecule has 3 aromatic rings. The van der Waals surface area contributed by atoms with Gasteiger partial charge in [0.05, 0.1) is 38.2 Å². The van der Waals surface area contributed by atoms with Crippen molar-refractivity contribution in [1.29, 1.82) is 0 Å². The van der Waals surface area contributed by atoms with E-state index in [2.05, 4.69) is 0 Å². The summed E-state index contributed by atoms with van der Waals surface area (Å²) in [6.45, 7) is 4.22. The molecular weight excluding hydrogens is 679 g/mol. The Morgan fingerprint density at radius 3 is 2.02 bits per heavy atom. The van der Waals surface area contributed by atoms with Crippen LogP contribution in [0.5, 0.6) is 23.0 Å². The van der Waals surface area contributed by atoms with Gasteiger partial charge in [-0.05, 0) is 40.8 Å². The average Bonchev–Trinajstić information content (AvgIpc) is 3.67. The number of hydrogen-bond donors (Lipinski definition) is 2. The average molecular weight is 720 g/mol. The molecule has 2 atom stereocenters. The number of benzene rings is 2. The van der Waals surface area contributed by atoms with Crippen LogP contribution in [0.1, 0.15) is 53.9 Å². The van der Waals surface area contributed by atoms with Crippen molar-refractivity contribution in [2.75, 3.05) is 41.5 Å². The molecule has 2 heterocycles. The number of nitrogens with zero attached hydrogens (tertiary/aromatic N) is 2. The van der Waals surface area contributed by atoms with Crippen LogP contribution in [0.3, 0.4) is 0 Å². The van der Waals surface area contributed by atoms with E-state index >= 15 is 0 Å². The molecule has 1 aliphatic rings. The molecule has 1 aromatic heterocycles. The number of carbonyl (C=O) groups is 4. The molecule has 1 aliphatic heterocycles. The van der Waals surface area contributed by atoms with Crippen LogP contribution < -0.4 is 23.7 Å². The van der Waals surface area contributed by atoms with Gasteiger partial charge in [-0.25, -0.2) is 4.72 Å². The molecule has 0 bridgehead atoms. The number of Topliss-reactive ketones (excluding diaryl/α,β-unsaturated/α-hetero) is 1. The van der Waals surface area contributed by atoms with Gasteiger partial charge in [0, 0.05) is 63.1 Å². The van der Waals surface area contributed by atoms with E-state index in [1.165, 1.54) is 53.5 Å². The Morgan fingerprint density at radius 1 is 0.878 bits per heavy atom. The molecule has 0 spiro atoms. The molecule has 0 fully saturated rings. The smallest absolute Gasteiger partial charge is 0.306 e. The SMILES string of the molecule is COc1cc2c(cc1OCCCOc1cc3cc(C(=O)CC(C)C(=O)O)sc3cc1OC)CN(C(=O)CC(C)C(=O)NS(=O)(=O)N(C)C)C2. The summed E-state index contributed by atoms with van der Waals surface area (Å²) in [7, 11) is 1.70. The van der Waals surface area contributed by atoms with Gasteiger partial charge in [0.25, 0.3) is 0 Å². The van der Waals surface area contributed by atoms with Gasteiger partial charge in [-0.3, -0.25) is 19.2 Å². The number of nitrogens with one attached hydrogen (secondary N) is 1. The summed E-state index contributed by atoms with van der Waals surface area (Å²) in [6, 6.07) is 8.95. The van der Waals surface area contributed by atoms with Crippen LogP contribution in [0.4, 0.5) is 0 Å². The minimum Gasteiger partial charge on any atom is -0.493 e. The largest absolute Gasteiger partial charge is 0.493 e. The molecule has 266 valence electrons. The number of ether oxygens (including phenoxy) is 4. The third-order valence-corrected chi connectivity index (χ3v) is 10.6. The van der Waals surface area contributed by atoms with E-state index in [-0.39, 0.29) is 24.5 Å². The summed E-state index contributed by atoms with van der Waals surface area (Å²) < 4.78 is 50.7. The zero-order valence-corrected chi connectivity index (χ0v) is 29.9. The number of carboxylic acids is 1. The molecular formula is C33H41N3O11S2. The van der Waals surface area contributed by atoms with Crippen molar-refractivity contribution in [3.63, 3.8) is 0 Å². The van der Waals surface area contributed by atoms with Gasteiger partial charge in [0.15, 0.2) is 28.8 Å². The lowest BCUT2D eigenvalue weighted by Crippen LogP contribution is -2.42. The molecule has 4 rings (SSSR count). The van der Waals surface area contributed by atoms with Crippen LogP contribution in [-0.2, 0) is 37.7 Å². The van der Waals surface area contributed by atoms with Gasteiger partial charge in [0.2, 0.25) is 11.8 Å². The second-order valence-corrected chi connectivity index (χ2v) is 14.9. The Morgan fingerprint density at radius 2 is 1.45 bits per heavy atom. The maximum Gasteiger partial charge on any atom is 0.306 e. The van der Waals surface area contributed by atoms with Crippen molar-refractivity contribution < 1.29 is 51.6 Å². The molecule has 2 amide bonds. The van der Waals surface area contributed by atoms with Gasteiger partial charge in [-0.1, -0.05) is 13.8 Å². The Bertz CT molecular complexity index is 1840. The molecule has 2 unspecified atom stereocenters. The Balaban J connectivity index is 1.31. The third kappa shape index (κ3) is 9.19. The third-order valence-electron chi connectivity index (χ3n) is 7.99. The van der Waals surface area contributed by atoms with E-state index in [1.807, 2.05) is 16.9 Å². The molecule has 0 saturated heterocycles. The van der Waals surface area contributed by atoms with Crippen molar-refractivity contribution >= 4 is 55.2 Å². The predicted octanol–water partition coefficient (Wildman–Crippen LogP) is 3.85. The van der Waals surface area contributed by atoms with Gasteiger partial charge in [-0.15, -0.1) is 11.3 Å². The fraction of sp³-hybridized carbons (Fsp3) is 0.455. The van der Waals surface area contributed by atoms with E-state index in [0.29, 0.717) is 60.6 Å². The molecule has 16 heteroatoms. The molecule has 0 radical (unpaired) electrons. The number of fused-ring (bicyclic) bond motifs is 2. The summed E-state index contributed by atoms with van der Waals surface area (Å²) in [6.07, 6.45) is 0.273. The zero-order valence-electron chi connectivity index (χ0n) is 28.2. The molecule has 49 heavy (non-hydrogen) atoms. The van der Waals surface area contributed by atoms with Crippen LogP contribution in [0, 0.1) is 11.8 Å². The maximum absolute atomic E-state index is 13.0. The Hall–Kier alpha value is -4.41. The van der Waals surface area contributed by atoms with E-state index in [4.69, 9.17) is 24.1 Å². The van der Waals surface area contributed by atoms with Crippen LogP contribution in [0.15, 0.2) is 30.3 Å². The first-order chi connectivity index (χ1) is 23.1. The molecule has 0 aliphatic carbocycles. The second kappa shape index (κ2) is 15.9. The minimum atomic E-state index is -3.95. The number of aliphatic carboxylic acids is 1. The first-order valence-corrected chi connectivity index (χ1v) is 17.7. The number of thiophene rings is 1. The Labute approximate surface area is 289 Å². The number of hydrogen-bond acceptors (Lipinski definition) is 11. The number of amides is 2. The van der Waals surface area contributed by atoms with Gasteiger partial charge < -0.3 is 29.0 Å². The van der Waals surface area contributed by atoms with E-state index in [1.54, 1.807) is 23.1 Å². The normalized spacial score (nSPS) is 13.9. The zero-order chi connectivity index (χ0) is 36.0. The summed E-state index contributed by atoms with van der Waals surface area (Å²) >= 11 is 1.28. The summed E-state index contributed by atoms with van der Waals surface area (Å²) in [5, 5.41) is 9.92. The number of carbonyl (C=O) groups excluding carboxylic acids is 3. The van der Waals surface area contributed by atoms with Gasteiger partial charge >= 0.3 is 16.2 Å². The highest BCUT2D eigenvalue weighted by molar-refractivity contribution is 7.87. The van der Waals surface area contributed by atoms with Crippen molar-refractivity contribution in [3.05, 3.63) is 46.3 Å². The van der Waals surface area contributed by atoms with Crippen molar-refractivity contribution in [2.24, 2.45) is 11.8 Å². The fourth-order valence-electron chi connectivity index (χ4n) is 5.00. The standard InChI is InChI=1S/C33H41N3O11S2/c1-19(32(39)34-49(42,43)35(3)4)11-31(38)36-17-22-13-25(44-5)28(14-23(22)18-36)47-9-7-8-46-27-12-21-15-30(24(37)10-20(2)33(40)41)48-29(21)16-26(27)45-6/h12-16,19-20H,7-11,17-18H2,1-6H3,(H,34,39)(H,40,41).